The van der Waals surface area contributed by atoms with Crippen LogP contribution in [0.25, 0.3) is 6.08 Å². The van der Waals surface area contributed by atoms with E-state index >= 15 is 0 Å². The van der Waals surface area contributed by atoms with Crippen LogP contribution in [0.2, 0.25) is 0 Å². The molecule has 0 saturated carbocycles. The lowest BCUT2D eigenvalue weighted by Gasteiger charge is -2.10. The second-order valence-corrected chi connectivity index (χ2v) is 12.5. The molecule has 1 atom stereocenters. The lowest BCUT2D eigenvalue weighted by molar-refractivity contribution is 0.522. The van der Waals surface area contributed by atoms with E-state index in [1.54, 1.807) is 0 Å². The molecule has 0 bridgehead atoms. The van der Waals surface area contributed by atoms with Gasteiger partial charge in [0.05, 0.1) is 0 Å². The topological polar surface area (TPSA) is 0 Å². The van der Waals surface area contributed by atoms with Crippen molar-refractivity contribution in [2.24, 2.45) is 5.92 Å². The van der Waals surface area contributed by atoms with Crippen molar-refractivity contribution in [3.63, 3.8) is 0 Å². The van der Waals surface area contributed by atoms with Crippen molar-refractivity contribution in [3.8, 4) is 0 Å². The molecule has 0 amide bonds. The van der Waals surface area contributed by atoms with E-state index in [-0.39, 0.29) is 0 Å². The van der Waals surface area contributed by atoms with Gasteiger partial charge in [-0.3, -0.25) is 0 Å². The molecule has 0 heterocycles. The summed E-state index contributed by atoms with van der Waals surface area (Å²) >= 11 is 0. The second-order valence-electron chi connectivity index (χ2n) is 12.5. The molecule has 0 N–H and O–H groups in total. The molecule has 0 aliphatic rings. The van der Waals surface area contributed by atoms with E-state index < -0.39 is 0 Å². The van der Waals surface area contributed by atoms with E-state index in [4.69, 9.17) is 0 Å². The van der Waals surface area contributed by atoms with Crippen LogP contribution in [-0.2, 0) is 6.42 Å². The predicted octanol–water partition coefficient (Wildman–Crippen LogP) is 13.9. The Hall–Kier alpha value is -1.04. The molecule has 1 aromatic rings. The minimum absolute atomic E-state index is 0.765. The molecule has 0 heteroatoms. The van der Waals surface area contributed by atoms with Crippen molar-refractivity contribution >= 4 is 6.08 Å². The van der Waals surface area contributed by atoms with E-state index in [1.165, 1.54) is 178 Å². The van der Waals surface area contributed by atoms with E-state index in [1.807, 2.05) is 0 Å². The molecule has 0 fully saturated rings. The summed E-state index contributed by atoms with van der Waals surface area (Å²) in [5.41, 5.74) is 2.83. The molecule has 39 heavy (non-hydrogen) atoms. The van der Waals surface area contributed by atoms with Crippen LogP contribution in [0.1, 0.15) is 192 Å². The Morgan fingerprint density at radius 1 is 0.513 bits per heavy atom. The maximum Gasteiger partial charge on any atom is -0.0260 e. The van der Waals surface area contributed by atoms with E-state index in [0.717, 1.165) is 5.92 Å². The summed E-state index contributed by atoms with van der Waals surface area (Å²) < 4.78 is 0. The summed E-state index contributed by atoms with van der Waals surface area (Å²) in [7, 11) is 0. The fourth-order valence-electron chi connectivity index (χ4n) is 5.71. The molecule has 1 rings (SSSR count). The van der Waals surface area contributed by atoms with Crippen molar-refractivity contribution in [1.29, 1.82) is 0 Å². The second kappa shape index (κ2) is 28.5. The molecule has 225 valence electrons. The van der Waals surface area contributed by atoms with Crippen molar-refractivity contribution in [2.45, 2.75) is 188 Å². The highest BCUT2D eigenvalue weighted by atomic mass is 14.1. The van der Waals surface area contributed by atoms with E-state index in [9.17, 15) is 0 Å². The van der Waals surface area contributed by atoms with Crippen molar-refractivity contribution in [2.75, 3.05) is 0 Å². The Morgan fingerprint density at radius 2 is 0.949 bits per heavy atom. The summed E-state index contributed by atoms with van der Waals surface area (Å²) in [5.74, 6) is 0.765. The average molecular weight is 538 g/mol. The molecule has 1 aromatic carbocycles. The van der Waals surface area contributed by atoms with Crippen molar-refractivity contribution < 1.29 is 0 Å². The largest absolute Gasteiger partial charge is 0.0839 e. The van der Waals surface area contributed by atoms with Gasteiger partial charge in [0.15, 0.2) is 0 Å². The van der Waals surface area contributed by atoms with Gasteiger partial charge < -0.3 is 0 Å². The first kappa shape index (κ1) is 36.0. The molecule has 0 aliphatic carbocycles. The molecular weight excluding hydrogens is 468 g/mol. The summed E-state index contributed by atoms with van der Waals surface area (Å²) in [6.45, 7) is 6.95. The van der Waals surface area contributed by atoms with E-state index in [0.29, 0.717) is 0 Å². The fraction of sp³-hybridized carbons (Fsp3) is 0.769. The van der Waals surface area contributed by atoms with Crippen LogP contribution in [0.5, 0.6) is 0 Å². The van der Waals surface area contributed by atoms with Gasteiger partial charge in [-0.05, 0) is 49.1 Å². The highest BCUT2D eigenvalue weighted by molar-refractivity contribution is 5.49. The van der Waals surface area contributed by atoms with Gasteiger partial charge >= 0.3 is 0 Å². The van der Waals surface area contributed by atoms with Crippen LogP contribution in [0.3, 0.4) is 0 Å². The smallest absolute Gasteiger partial charge is 0.0260 e. The first-order valence-corrected chi connectivity index (χ1v) is 17.8. The predicted molar refractivity (Wildman–Crippen MR) is 179 cm³/mol. The number of hydrogen-bond acceptors (Lipinski definition) is 0. The average Bonchev–Trinajstić information content (AvgIpc) is 2.95. The van der Waals surface area contributed by atoms with Gasteiger partial charge in [0.2, 0.25) is 0 Å². The molecule has 0 saturated heterocycles. The number of hydrogen-bond donors (Lipinski definition) is 0. The first-order valence-electron chi connectivity index (χ1n) is 17.8. The monoisotopic (exact) mass is 538 g/mol. The highest BCUT2D eigenvalue weighted by Gasteiger charge is 2.02. The van der Waals surface area contributed by atoms with E-state index in [2.05, 4.69) is 63.6 Å². The quantitative estimate of drug-likeness (QED) is 0.0891. The summed E-state index contributed by atoms with van der Waals surface area (Å²) in [4.78, 5) is 0. The number of unbranched alkanes of at least 4 members (excludes halogenated alkanes) is 21. The zero-order chi connectivity index (χ0) is 28.1. The number of allylic oxidation sites excluding steroid dienone is 1. The number of benzene rings is 1. The van der Waals surface area contributed by atoms with Crippen molar-refractivity contribution in [1.82, 2.24) is 0 Å². The highest BCUT2D eigenvalue weighted by Crippen LogP contribution is 2.17. The maximum atomic E-state index is 2.52. The Balaban J connectivity index is 1.83. The van der Waals surface area contributed by atoms with Gasteiger partial charge in [0.25, 0.3) is 0 Å². The molecule has 0 aromatic heterocycles. The Labute approximate surface area is 247 Å². The summed E-state index contributed by atoms with van der Waals surface area (Å²) in [6, 6.07) is 9.23. The maximum absolute atomic E-state index is 2.52. The van der Waals surface area contributed by atoms with Crippen LogP contribution in [0.4, 0.5) is 0 Å². The van der Waals surface area contributed by atoms with Crippen LogP contribution >= 0.6 is 0 Å². The fourth-order valence-corrected chi connectivity index (χ4v) is 5.71. The third kappa shape index (κ3) is 24.5. The zero-order valence-corrected chi connectivity index (χ0v) is 27.0. The number of aryl methyl sites for hydroxylation is 1. The Bertz CT molecular complexity index is 624. The third-order valence-electron chi connectivity index (χ3n) is 8.53. The van der Waals surface area contributed by atoms with Crippen molar-refractivity contribution in [3.05, 3.63) is 47.9 Å². The molecule has 1 unspecified atom stereocenters. The van der Waals surface area contributed by atoms with Gasteiger partial charge in [-0.1, -0.05) is 198 Å². The minimum atomic E-state index is 0.765. The zero-order valence-electron chi connectivity index (χ0n) is 27.0. The molecule has 0 aliphatic heterocycles. The Morgan fingerprint density at radius 3 is 1.41 bits per heavy atom. The SMILES string of the molecule is CCCCCCCCCCCCCCCCCCCCCCC=Cc1ccc(CC[CH]C(C)CCCC)cc1. The molecule has 0 spiro atoms. The normalized spacial score (nSPS) is 12.5. The molecular formula is C39H69. The van der Waals surface area contributed by atoms with Gasteiger partial charge in [-0.2, -0.15) is 0 Å². The number of rotatable bonds is 29. The summed E-state index contributed by atoms with van der Waals surface area (Å²) in [6.07, 6.45) is 43.9. The molecule has 0 nitrogen and oxygen atoms in total. The van der Waals surface area contributed by atoms with Gasteiger partial charge in [-0.25, -0.2) is 0 Å². The summed E-state index contributed by atoms with van der Waals surface area (Å²) in [5, 5.41) is 0. The third-order valence-corrected chi connectivity index (χ3v) is 8.53. The van der Waals surface area contributed by atoms with Gasteiger partial charge in [-0.15, -0.1) is 0 Å². The Kier molecular flexibility index (Phi) is 26.3. The first-order chi connectivity index (χ1) is 19.3. The minimum Gasteiger partial charge on any atom is -0.0839 e. The van der Waals surface area contributed by atoms with Crippen LogP contribution in [-0.4, -0.2) is 0 Å². The lowest BCUT2D eigenvalue weighted by atomic mass is 9.96. The lowest BCUT2D eigenvalue weighted by Crippen LogP contribution is -1.97. The molecule has 1 radical (unpaired) electrons. The van der Waals surface area contributed by atoms with Crippen LogP contribution < -0.4 is 0 Å². The van der Waals surface area contributed by atoms with Crippen LogP contribution in [0.15, 0.2) is 30.3 Å². The standard InChI is InChI=1S/C39H69/c1-4-6-8-9-10-11-12-13-14-15-16-17-18-19-20-21-22-23-24-25-26-27-31-38-33-35-39(36-34-38)32-28-30-37(3)29-7-5-2/h27,30-31,33-37H,4-26,28-29,32H2,1-3H3. The van der Waals surface area contributed by atoms with Gasteiger partial charge in [0.1, 0.15) is 0 Å². The van der Waals surface area contributed by atoms with Crippen LogP contribution in [0, 0.1) is 12.3 Å². The van der Waals surface area contributed by atoms with Gasteiger partial charge in [0, 0.05) is 0 Å².